The average molecular weight is 365 g/mol. The highest BCUT2D eigenvalue weighted by Crippen LogP contribution is 2.51. The lowest BCUT2D eigenvalue weighted by atomic mass is 9.73. The summed E-state index contributed by atoms with van der Waals surface area (Å²) in [6.07, 6.45) is 0. The quantitative estimate of drug-likeness (QED) is 0.653. The number of esters is 1. The second-order valence-electron chi connectivity index (χ2n) is 6.93. The van der Waals surface area contributed by atoms with E-state index >= 15 is 0 Å². The largest absolute Gasteiger partial charge is 0.468 e. The van der Waals surface area contributed by atoms with Crippen LogP contribution in [0.3, 0.4) is 0 Å². The molecule has 1 aromatic rings. The number of rotatable bonds is 3. The molecule has 6 nitrogen and oxygen atoms in total. The molecule has 1 N–H and O–H groups in total. The number of fused-ring (bicyclic) bond motifs is 1. The van der Waals surface area contributed by atoms with Gasteiger partial charge in [0.1, 0.15) is 5.54 Å². The van der Waals surface area contributed by atoms with Gasteiger partial charge in [0.05, 0.1) is 18.9 Å². The number of carbonyl (C=O) groups is 3. The van der Waals surface area contributed by atoms with Gasteiger partial charge in [0, 0.05) is 18.1 Å². The van der Waals surface area contributed by atoms with Gasteiger partial charge >= 0.3 is 5.97 Å². The van der Waals surface area contributed by atoms with Crippen molar-refractivity contribution in [1.82, 2.24) is 10.2 Å². The lowest BCUT2D eigenvalue weighted by Crippen LogP contribution is -2.59. The smallest absolute Gasteiger partial charge is 0.327 e. The number of amides is 2. The van der Waals surface area contributed by atoms with E-state index in [2.05, 4.69) is 5.32 Å². The summed E-state index contributed by atoms with van der Waals surface area (Å²) in [6.45, 7) is 3.70. The molecule has 2 amide bonds. The van der Waals surface area contributed by atoms with E-state index in [-0.39, 0.29) is 17.7 Å². The zero-order valence-electron chi connectivity index (χ0n) is 14.6. The minimum Gasteiger partial charge on any atom is -0.468 e. The molecule has 2 fully saturated rings. The summed E-state index contributed by atoms with van der Waals surface area (Å²) < 4.78 is 5.02. The highest BCUT2D eigenvalue weighted by atomic mass is 35.5. The fourth-order valence-corrected chi connectivity index (χ4v) is 4.29. The Kier molecular flexibility index (Phi) is 4.37. The number of nitrogens with one attached hydrogen (secondary N) is 1. The number of hydrogen-bond donors (Lipinski definition) is 1. The Balaban J connectivity index is 2.17. The van der Waals surface area contributed by atoms with Crippen LogP contribution < -0.4 is 5.32 Å². The average Bonchev–Trinajstić information content (AvgIpc) is 3.06. The summed E-state index contributed by atoms with van der Waals surface area (Å²) in [5.41, 5.74) is -0.441. The van der Waals surface area contributed by atoms with Crippen molar-refractivity contribution in [2.45, 2.75) is 25.4 Å². The number of benzene rings is 1. The lowest BCUT2D eigenvalue weighted by molar-refractivity contribution is -0.156. The van der Waals surface area contributed by atoms with Crippen molar-refractivity contribution in [2.75, 3.05) is 14.2 Å². The zero-order chi connectivity index (χ0) is 18.5. The molecule has 25 heavy (non-hydrogen) atoms. The Bertz CT molecular complexity index is 733. The SMILES string of the molecule is COC(=O)[C@@]1(C(C)C)N[C@@H](c2ccc(Cl)cc2)[C@H]2C(=O)N(C)C(=O)[C@@H]21. The highest BCUT2D eigenvalue weighted by Gasteiger charge is 2.69. The van der Waals surface area contributed by atoms with Gasteiger partial charge in [-0.1, -0.05) is 37.6 Å². The van der Waals surface area contributed by atoms with Crippen molar-refractivity contribution in [3.63, 3.8) is 0 Å². The number of methoxy groups -OCH3 is 1. The summed E-state index contributed by atoms with van der Waals surface area (Å²) in [4.78, 5) is 39.4. The molecule has 0 aliphatic carbocycles. The molecule has 0 unspecified atom stereocenters. The van der Waals surface area contributed by atoms with E-state index in [9.17, 15) is 14.4 Å². The van der Waals surface area contributed by atoms with Crippen molar-refractivity contribution in [3.05, 3.63) is 34.9 Å². The van der Waals surface area contributed by atoms with E-state index < -0.39 is 29.4 Å². The Morgan fingerprint density at radius 3 is 2.36 bits per heavy atom. The summed E-state index contributed by atoms with van der Waals surface area (Å²) in [5.74, 6) is -2.84. The van der Waals surface area contributed by atoms with Crippen molar-refractivity contribution in [3.8, 4) is 0 Å². The van der Waals surface area contributed by atoms with E-state index in [4.69, 9.17) is 16.3 Å². The third-order valence-corrected chi connectivity index (χ3v) is 5.73. The van der Waals surface area contributed by atoms with Crippen LogP contribution in [0.2, 0.25) is 5.02 Å². The van der Waals surface area contributed by atoms with Gasteiger partial charge in [-0.15, -0.1) is 0 Å². The predicted molar refractivity (Wildman–Crippen MR) is 91.7 cm³/mol. The fourth-order valence-electron chi connectivity index (χ4n) is 4.16. The lowest BCUT2D eigenvalue weighted by Gasteiger charge is -2.35. The van der Waals surface area contributed by atoms with Crippen LogP contribution in [0.1, 0.15) is 25.5 Å². The molecule has 0 bridgehead atoms. The molecule has 4 atom stereocenters. The first-order chi connectivity index (χ1) is 11.8. The van der Waals surface area contributed by atoms with Crippen LogP contribution in [-0.4, -0.2) is 42.4 Å². The van der Waals surface area contributed by atoms with Gasteiger partial charge in [0.25, 0.3) is 0 Å². The van der Waals surface area contributed by atoms with Crippen molar-refractivity contribution >= 4 is 29.4 Å². The topological polar surface area (TPSA) is 75.7 Å². The molecule has 1 aromatic carbocycles. The maximum atomic E-state index is 12.8. The number of carbonyl (C=O) groups excluding carboxylic acids is 3. The molecule has 134 valence electrons. The van der Waals surface area contributed by atoms with Crippen LogP contribution in [0.4, 0.5) is 0 Å². The Labute approximate surface area is 151 Å². The molecule has 2 heterocycles. The first-order valence-corrected chi connectivity index (χ1v) is 8.56. The van der Waals surface area contributed by atoms with Crippen molar-refractivity contribution < 1.29 is 19.1 Å². The third-order valence-electron chi connectivity index (χ3n) is 5.48. The number of ether oxygens (including phenoxy) is 1. The molecule has 0 aromatic heterocycles. The Morgan fingerprint density at radius 1 is 1.24 bits per heavy atom. The van der Waals surface area contributed by atoms with Crippen LogP contribution in [0, 0.1) is 17.8 Å². The summed E-state index contributed by atoms with van der Waals surface area (Å²) in [6, 6.07) is 6.60. The standard InChI is InChI=1S/C18H21ClN2O4/c1-9(2)18(17(24)25-4)13-12(15(22)21(3)16(13)23)14(20-18)10-5-7-11(19)8-6-10/h5-9,12-14,20H,1-4H3/t12-,13+,14-,18-/m0/s1. The molecule has 0 saturated carbocycles. The normalized spacial score (nSPS) is 31.6. The van der Waals surface area contributed by atoms with Gasteiger partial charge in [-0.25, -0.2) is 0 Å². The van der Waals surface area contributed by atoms with E-state index in [1.165, 1.54) is 14.2 Å². The molecular weight excluding hydrogens is 344 g/mol. The molecule has 2 aliphatic rings. The highest BCUT2D eigenvalue weighted by molar-refractivity contribution is 6.30. The number of nitrogens with zero attached hydrogens (tertiary/aromatic N) is 1. The maximum absolute atomic E-state index is 12.8. The molecule has 2 saturated heterocycles. The predicted octanol–water partition coefficient (Wildman–Crippen LogP) is 1.78. The minimum absolute atomic E-state index is 0.243. The number of likely N-dealkylation sites (tertiary alicyclic amines) is 1. The van der Waals surface area contributed by atoms with E-state index in [1.54, 1.807) is 24.3 Å². The van der Waals surface area contributed by atoms with E-state index in [0.717, 1.165) is 10.5 Å². The van der Waals surface area contributed by atoms with Crippen LogP contribution in [0.15, 0.2) is 24.3 Å². The van der Waals surface area contributed by atoms with E-state index in [0.29, 0.717) is 5.02 Å². The fraction of sp³-hybridized carbons (Fsp3) is 0.500. The molecule has 0 radical (unpaired) electrons. The minimum atomic E-state index is -1.25. The van der Waals surface area contributed by atoms with Crippen LogP contribution in [-0.2, 0) is 19.1 Å². The van der Waals surface area contributed by atoms with Crippen molar-refractivity contribution in [2.24, 2.45) is 17.8 Å². The molecule has 7 heteroatoms. The molecule has 2 aliphatic heterocycles. The Hall–Kier alpha value is -1.92. The summed E-state index contributed by atoms with van der Waals surface area (Å²) in [7, 11) is 2.76. The number of imide groups is 1. The molecule has 3 rings (SSSR count). The number of hydrogen-bond acceptors (Lipinski definition) is 5. The Morgan fingerprint density at radius 2 is 1.84 bits per heavy atom. The van der Waals surface area contributed by atoms with Crippen LogP contribution in [0.5, 0.6) is 0 Å². The first kappa shape index (κ1) is 17.9. The maximum Gasteiger partial charge on any atom is 0.327 e. The monoisotopic (exact) mass is 364 g/mol. The van der Waals surface area contributed by atoms with Gasteiger partial charge in [0.15, 0.2) is 0 Å². The van der Waals surface area contributed by atoms with Gasteiger partial charge in [-0.2, -0.15) is 0 Å². The first-order valence-electron chi connectivity index (χ1n) is 8.18. The van der Waals surface area contributed by atoms with Crippen LogP contribution >= 0.6 is 11.6 Å². The summed E-state index contributed by atoms with van der Waals surface area (Å²) in [5, 5.41) is 3.86. The van der Waals surface area contributed by atoms with Gasteiger partial charge in [-0.3, -0.25) is 24.6 Å². The second kappa shape index (κ2) is 6.11. The third kappa shape index (κ3) is 2.39. The zero-order valence-corrected chi connectivity index (χ0v) is 15.3. The van der Waals surface area contributed by atoms with Gasteiger partial charge in [0.2, 0.25) is 11.8 Å². The summed E-state index contributed by atoms with van der Waals surface area (Å²) >= 11 is 5.96. The number of halogens is 1. The van der Waals surface area contributed by atoms with Crippen LogP contribution in [0.25, 0.3) is 0 Å². The molecule has 0 spiro atoms. The second-order valence-corrected chi connectivity index (χ2v) is 7.36. The van der Waals surface area contributed by atoms with Gasteiger partial charge < -0.3 is 4.74 Å². The van der Waals surface area contributed by atoms with E-state index in [1.807, 2.05) is 13.8 Å². The van der Waals surface area contributed by atoms with Crippen molar-refractivity contribution in [1.29, 1.82) is 0 Å². The van der Waals surface area contributed by atoms with Gasteiger partial charge in [-0.05, 0) is 23.6 Å². The molecular formula is C18H21ClN2O4.